The van der Waals surface area contributed by atoms with Gasteiger partial charge in [-0.2, -0.15) is 13.5 Å². The van der Waals surface area contributed by atoms with Crippen LogP contribution in [0.3, 0.4) is 0 Å². The zero-order chi connectivity index (χ0) is 76.3. The van der Waals surface area contributed by atoms with Gasteiger partial charge in [-0.3, -0.25) is 73.6 Å². The lowest BCUT2D eigenvalue weighted by molar-refractivity contribution is -0.155. The highest BCUT2D eigenvalue weighted by Gasteiger charge is 2.37. The number of benzene rings is 4. The summed E-state index contributed by atoms with van der Waals surface area (Å²) in [5, 5.41) is 23.0. The van der Waals surface area contributed by atoms with Crippen molar-refractivity contribution in [1.82, 2.24) is 58.0 Å². The van der Waals surface area contributed by atoms with Gasteiger partial charge < -0.3 is 51.6 Å². The second-order valence-corrected chi connectivity index (χ2v) is 29.4. The van der Waals surface area contributed by atoms with Crippen molar-refractivity contribution in [3.05, 3.63) is 155 Å². The maximum Gasteiger partial charge on any atom is 0.306 e. The molecule has 0 bridgehead atoms. The Morgan fingerprint density at radius 2 is 1.24 bits per heavy atom. The fourth-order valence-corrected chi connectivity index (χ4v) is 11.5. The van der Waals surface area contributed by atoms with Gasteiger partial charge in [-0.05, 0) is 157 Å². The number of nitrogens with zero attached hydrogens (tertiary/aromatic N) is 3. The van der Waals surface area contributed by atoms with Crippen LogP contribution in [0.1, 0.15) is 164 Å². The number of aromatic nitrogens is 1. The van der Waals surface area contributed by atoms with E-state index in [0.717, 1.165) is 5.56 Å². The third-order valence-electron chi connectivity index (χ3n) is 15.8. The summed E-state index contributed by atoms with van der Waals surface area (Å²) in [6.45, 7) is 17.5. The first kappa shape index (κ1) is 82.3. The fourth-order valence-electron chi connectivity index (χ4n) is 10.9. The number of aryl methyl sites for hydroxylation is 1. The maximum atomic E-state index is 14.7. The molecule has 104 heavy (non-hydrogen) atoms. The van der Waals surface area contributed by atoms with E-state index in [1.165, 1.54) is 59.8 Å². The summed E-state index contributed by atoms with van der Waals surface area (Å²) < 4.78 is 44.2. The molecule has 0 unspecified atom stereocenters. The fraction of sp³-hybridized carbons (Fsp3) is 0.446. The first-order valence-electron chi connectivity index (χ1n) is 34.5. The van der Waals surface area contributed by atoms with Gasteiger partial charge in [0.15, 0.2) is 0 Å². The zero-order valence-electron chi connectivity index (χ0n) is 60.4. The van der Waals surface area contributed by atoms with Crippen molar-refractivity contribution in [1.29, 1.82) is 0 Å². The SMILES string of the molecule is CC(C)C[C@H](NC(=O)[C@H](Cc1ccc(OC(C)(C)C)cc1)NC(=O)[C@H](CCc1ccccc1)NC(=O)CNC(=O)[C@H](CC(C)C)NC(=O)[C@@H]1CCCN1C(=O)CNC(=O)CCCC(=O)OC(C)(C)C)C(=O)NNC(=O)c1ccc(CNC(=O)c2ccc(NN=Cc3ccccc3S(=O)(=O)O)nc2)cc1. The molecule has 560 valence electrons. The van der Waals surface area contributed by atoms with Crippen LogP contribution in [0.4, 0.5) is 5.82 Å². The van der Waals surface area contributed by atoms with Gasteiger partial charge in [-0.15, -0.1) is 0 Å². The average Bonchev–Trinajstić information content (AvgIpc) is 1.47. The number of hydrogen-bond donors (Lipinski definition) is 11. The molecule has 30 heteroatoms. The highest BCUT2D eigenvalue weighted by atomic mass is 32.2. The first-order valence-corrected chi connectivity index (χ1v) is 35.9. The molecule has 4 aromatic carbocycles. The van der Waals surface area contributed by atoms with Gasteiger partial charge >= 0.3 is 5.97 Å². The van der Waals surface area contributed by atoms with Crippen molar-refractivity contribution in [2.24, 2.45) is 16.9 Å². The first-order chi connectivity index (χ1) is 49.1. The standard InChI is InChI=1S/C74H97N13O16S/c1-46(2)38-56(83-72(98)59-21-17-37-87(59)64(90)45-76-62(88)23-16-24-65(91)103-74(8,9)10)68(94)78-44-63(89)80-55(35-29-48-18-12-11-13-19-48)69(95)82-58(40-49-27-33-54(34-28-49)102-73(5,6)7)70(96)81-57(39-47(3)4)71(97)86-85-67(93)51-30-25-50(26-31-51)41-77-66(92)53-32-36-61(75-42-53)84-79-43-52-20-14-15-22-60(52)104(99,100)101/h11-15,18-20,22,25-28,30-34,36,42-43,46-47,55-59H,16-17,21,23-24,29,35,37-41,44-45H2,1-10H3,(H,75,84)(H,76,88)(H,77,92)(H,78,94)(H,80,89)(H,81,96)(H,82,95)(H,83,98)(H,85,93)(H,86,97)(H,99,100,101)/t55-,56-,57-,58-,59-/m0/s1. The molecule has 5 atom stereocenters. The molecule has 1 saturated heterocycles. The number of pyridine rings is 1. The minimum atomic E-state index is -4.49. The number of hydrogen-bond acceptors (Lipinski definition) is 18. The van der Waals surface area contributed by atoms with Gasteiger partial charge in [-0.1, -0.05) is 100 Å². The van der Waals surface area contributed by atoms with Crippen LogP contribution in [-0.4, -0.2) is 155 Å². The van der Waals surface area contributed by atoms with Crippen molar-refractivity contribution in [3.8, 4) is 5.75 Å². The Bertz CT molecular complexity index is 3940. The lowest BCUT2D eigenvalue weighted by atomic mass is 10.00. The second kappa shape index (κ2) is 39.1. The highest BCUT2D eigenvalue weighted by Crippen LogP contribution is 2.22. The molecule has 29 nitrogen and oxygen atoms in total. The number of esters is 1. The van der Waals surface area contributed by atoms with Crippen LogP contribution in [0.25, 0.3) is 0 Å². The number of amides is 10. The van der Waals surface area contributed by atoms with E-state index in [0.29, 0.717) is 29.7 Å². The molecule has 11 N–H and O–H groups in total. The molecule has 2 heterocycles. The van der Waals surface area contributed by atoms with Gasteiger partial charge in [0.2, 0.25) is 41.4 Å². The van der Waals surface area contributed by atoms with Crippen LogP contribution in [0.15, 0.2) is 131 Å². The highest BCUT2D eigenvalue weighted by molar-refractivity contribution is 7.86. The van der Waals surface area contributed by atoms with Gasteiger partial charge in [0.1, 0.15) is 57.9 Å². The third kappa shape index (κ3) is 28.7. The van der Waals surface area contributed by atoms with Gasteiger partial charge in [0.05, 0.1) is 24.9 Å². The maximum absolute atomic E-state index is 14.7. The van der Waals surface area contributed by atoms with E-state index in [1.807, 2.05) is 78.8 Å². The number of hydrazine groups is 1. The molecule has 1 aliphatic heterocycles. The Kier molecular flexibility index (Phi) is 31.0. The smallest absolute Gasteiger partial charge is 0.306 e. The third-order valence-corrected chi connectivity index (χ3v) is 16.8. The zero-order valence-corrected chi connectivity index (χ0v) is 61.2. The van der Waals surface area contributed by atoms with Crippen LogP contribution in [0, 0.1) is 11.8 Å². The van der Waals surface area contributed by atoms with E-state index >= 15 is 0 Å². The minimum absolute atomic E-state index is 0.0193. The largest absolute Gasteiger partial charge is 0.488 e. The quantitative estimate of drug-likeness (QED) is 0.0106. The van der Waals surface area contributed by atoms with E-state index < -0.39 is 123 Å². The molecule has 6 rings (SSSR count). The molecular weight excluding hydrogens is 1360 g/mol. The molecule has 1 aromatic heterocycles. The predicted octanol–water partition coefficient (Wildman–Crippen LogP) is 5.28. The van der Waals surface area contributed by atoms with Crippen molar-refractivity contribution < 1.29 is 75.2 Å². The monoisotopic (exact) mass is 1460 g/mol. The van der Waals surface area contributed by atoms with Crippen LogP contribution in [-0.2, 0) is 77.4 Å². The van der Waals surface area contributed by atoms with E-state index in [1.54, 1.807) is 63.2 Å². The molecule has 0 spiro atoms. The molecule has 10 amide bonds. The number of likely N-dealkylation sites (tertiary alicyclic amines) is 1. The van der Waals surface area contributed by atoms with Gasteiger partial charge in [0.25, 0.3) is 27.8 Å². The Hall–Kier alpha value is -10.6. The van der Waals surface area contributed by atoms with Gasteiger partial charge in [0, 0.05) is 49.7 Å². The number of carbonyl (C=O) groups excluding carboxylic acids is 11. The molecule has 5 aromatic rings. The van der Waals surface area contributed by atoms with E-state index in [2.05, 4.69) is 63.6 Å². The van der Waals surface area contributed by atoms with E-state index in [4.69, 9.17) is 9.47 Å². The molecule has 1 fully saturated rings. The number of carbonyl (C=O) groups is 11. The Balaban J connectivity index is 1.08. The van der Waals surface area contributed by atoms with Crippen LogP contribution in [0.2, 0.25) is 0 Å². The number of anilines is 1. The predicted molar refractivity (Wildman–Crippen MR) is 387 cm³/mol. The minimum Gasteiger partial charge on any atom is -0.488 e. The average molecular weight is 1460 g/mol. The van der Waals surface area contributed by atoms with Crippen molar-refractivity contribution >= 4 is 87.2 Å². The number of ether oxygens (including phenoxy) is 2. The summed E-state index contributed by atoms with van der Waals surface area (Å²) in [4.78, 5) is 155. The second-order valence-electron chi connectivity index (χ2n) is 28.0. The summed E-state index contributed by atoms with van der Waals surface area (Å²) >= 11 is 0. The number of hydrazone groups is 1. The van der Waals surface area contributed by atoms with Crippen LogP contribution in [0.5, 0.6) is 5.75 Å². The molecular formula is C74H97N13O16S. The summed E-state index contributed by atoms with van der Waals surface area (Å²) in [7, 11) is -4.49. The van der Waals surface area contributed by atoms with E-state index in [9.17, 15) is 65.7 Å². The molecule has 1 aliphatic rings. The lowest BCUT2D eigenvalue weighted by Gasteiger charge is -2.27. The van der Waals surface area contributed by atoms with Crippen LogP contribution < -0.4 is 58.2 Å². The normalized spacial score (nSPS) is 14.2. The van der Waals surface area contributed by atoms with Crippen molar-refractivity contribution in [2.75, 3.05) is 25.1 Å². The summed E-state index contributed by atoms with van der Waals surface area (Å²) in [5.74, 6) is -6.56. The molecule has 0 radical (unpaired) electrons. The topological polar surface area (TPSA) is 409 Å². The van der Waals surface area contributed by atoms with E-state index in [-0.39, 0.29) is 110 Å². The molecule has 0 saturated carbocycles. The van der Waals surface area contributed by atoms with Crippen molar-refractivity contribution in [2.45, 2.75) is 186 Å². The lowest BCUT2D eigenvalue weighted by Crippen LogP contribution is -2.59. The number of nitrogens with one attached hydrogen (secondary N) is 10. The summed E-state index contributed by atoms with van der Waals surface area (Å²) in [6, 6.07) is 24.8. The summed E-state index contributed by atoms with van der Waals surface area (Å²) in [6.07, 6.45) is 3.90. The Labute approximate surface area is 606 Å². The number of rotatable bonds is 35. The molecule has 0 aliphatic carbocycles. The Morgan fingerprint density at radius 3 is 1.88 bits per heavy atom. The van der Waals surface area contributed by atoms with Crippen LogP contribution >= 0.6 is 0 Å². The summed E-state index contributed by atoms with van der Waals surface area (Å²) in [5.41, 5.74) is 8.73. The van der Waals surface area contributed by atoms with Gasteiger partial charge in [-0.25, -0.2) is 4.98 Å². The Morgan fingerprint density at radius 1 is 0.615 bits per heavy atom. The van der Waals surface area contributed by atoms with Crippen molar-refractivity contribution in [3.63, 3.8) is 0 Å².